The van der Waals surface area contributed by atoms with E-state index < -0.39 is 12.1 Å². The van der Waals surface area contributed by atoms with Crippen LogP contribution in [0.1, 0.15) is 17.2 Å². The minimum atomic E-state index is -0.420. The fourth-order valence-corrected chi connectivity index (χ4v) is 2.60. The highest BCUT2D eigenvalue weighted by Crippen LogP contribution is 2.28. The zero-order valence-electron chi connectivity index (χ0n) is 13.1. The molecule has 1 atom stereocenters. The van der Waals surface area contributed by atoms with E-state index in [2.05, 4.69) is 10.9 Å². The molecule has 1 aliphatic rings. The third kappa shape index (κ3) is 3.23. The molecule has 3 rings (SSSR count). The molecule has 0 bridgehead atoms. The van der Waals surface area contributed by atoms with Gasteiger partial charge in [0.2, 0.25) is 0 Å². The van der Waals surface area contributed by atoms with Crippen LogP contribution in [0, 0.1) is 12.3 Å². The van der Waals surface area contributed by atoms with Crippen LogP contribution in [0.25, 0.3) is 0 Å². The fourth-order valence-electron chi connectivity index (χ4n) is 2.60. The standard InChI is InChI=1S/C19H17N3O2/c1-2-12-22-17(18(20)21-19(22)23)15-8-10-16(11-9-15)24-13-14-6-4-3-5-7-14/h1,3-11,17H,12-13H2,(H2,20,21,23). The van der Waals surface area contributed by atoms with Gasteiger partial charge in [0.15, 0.2) is 0 Å². The first-order valence-corrected chi connectivity index (χ1v) is 7.54. The molecule has 5 nitrogen and oxygen atoms in total. The molecule has 1 heterocycles. The van der Waals surface area contributed by atoms with Crippen molar-refractivity contribution >= 4 is 11.9 Å². The van der Waals surface area contributed by atoms with Crippen molar-refractivity contribution in [3.8, 4) is 18.1 Å². The monoisotopic (exact) mass is 319 g/mol. The summed E-state index contributed by atoms with van der Waals surface area (Å²) in [6.45, 7) is 0.662. The van der Waals surface area contributed by atoms with Crippen LogP contribution in [0.5, 0.6) is 5.75 Å². The van der Waals surface area contributed by atoms with Crippen LogP contribution in [0.2, 0.25) is 0 Å². The van der Waals surface area contributed by atoms with Gasteiger partial charge in [0.25, 0.3) is 0 Å². The number of hydrogen-bond donors (Lipinski definition) is 1. The van der Waals surface area contributed by atoms with Crippen molar-refractivity contribution in [1.82, 2.24) is 4.90 Å². The van der Waals surface area contributed by atoms with Gasteiger partial charge in [-0.05, 0) is 23.3 Å². The Bertz CT molecular complexity index is 792. The van der Waals surface area contributed by atoms with Crippen molar-refractivity contribution in [2.24, 2.45) is 10.7 Å². The number of hydrogen-bond acceptors (Lipinski definition) is 3. The van der Waals surface area contributed by atoms with Crippen LogP contribution < -0.4 is 10.5 Å². The van der Waals surface area contributed by atoms with Crippen molar-refractivity contribution in [3.63, 3.8) is 0 Å². The molecule has 1 aliphatic heterocycles. The second kappa shape index (κ2) is 6.88. The molecule has 1 unspecified atom stereocenters. The van der Waals surface area contributed by atoms with E-state index in [0.29, 0.717) is 6.61 Å². The normalized spacial score (nSPS) is 16.6. The molecule has 0 fully saturated rings. The van der Waals surface area contributed by atoms with Gasteiger partial charge in [-0.25, -0.2) is 4.79 Å². The van der Waals surface area contributed by atoms with Crippen LogP contribution in [0.4, 0.5) is 4.79 Å². The molecule has 5 heteroatoms. The van der Waals surface area contributed by atoms with Gasteiger partial charge >= 0.3 is 6.03 Å². The van der Waals surface area contributed by atoms with Gasteiger partial charge in [0.05, 0.1) is 6.54 Å². The lowest BCUT2D eigenvalue weighted by molar-refractivity contribution is 0.213. The van der Waals surface area contributed by atoms with Crippen LogP contribution in [-0.4, -0.2) is 23.3 Å². The number of carbonyl (C=O) groups excluding carboxylic acids is 1. The molecule has 2 N–H and O–H groups in total. The van der Waals surface area contributed by atoms with E-state index in [4.69, 9.17) is 16.9 Å². The Balaban J connectivity index is 1.71. The summed E-state index contributed by atoms with van der Waals surface area (Å²) in [6, 6.07) is 16.5. The maximum atomic E-state index is 11.8. The van der Waals surface area contributed by atoms with Crippen molar-refractivity contribution in [1.29, 1.82) is 0 Å². The van der Waals surface area contributed by atoms with E-state index in [9.17, 15) is 4.79 Å². The molecule has 0 spiro atoms. The second-order valence-corrected chi connectivity index (χ2v) is 5.40. The molecular formula is C19H17N3O2. The molecule has 2 aromatic rings. The summed E-state index contributed by atoms with van der Waals surface area (Å²) in [4.78, 5) is 17.1. The maximum Gasteiger partial charge on any atom is 0.346 e. The highest BCUT2D eigenvalue weighted by molar-refractivity contribution is 6.03. The Hall–Kier alpha value is -3.26. The van der Waals surface area contributed by atoms with E-state index in [1.165, 1.54) is 4.90 Å². The largest absolute Gasteiger partial charge is 0.489 e. The van der Waals surface area contributed by atoms with Gasteiger partial charge in [-0.15, -0.1) is 6.42 Å². The van der Waals surface area contributed by atoms with E-state index in [1.807, 2.05) is 54.6 Å². The van der Waals surface area contributed by atoms with Gasteiger partial charge in [-0.1, -0.05) is 48.4 Å². The number of rotatable bonds is 5. The first-order valence-electron chi connectivity index (χ1n) is 7.54. The molecule has 2 aromatic carbocycles. The van der Waals surface area contributed by atoms with Crippen LogP contribution in [0.15, 0.2) is 59.6 Å². The number of nitrogens with zero attached hydrogens (tertiary/aromatic N) is 2. The van der Waals surface area contributed by atoms with Gasteiger partial charge < -0.3 is 10.5 Å². The van der Waals surface area contributed by atoms with Gasteiger partial charge in [0, 0.05) is 0 Å². The SMILES string of the molecule is C#CCN1C(=O)N=C(N)C1c1ccc(OCc2ccccc2)cc1. The Morgan fingerprint density at radius 2 is 1.88 bits per heavy atom. The number of nitrogens with two attached hydrogens (primary N) is 1. The zero-order chi connectivity index (χ0) is 16.9. The van der Waals surface area contributed by atoms with Crippen molar-refractivity contribution in [2.45, 2.75) is 12.6 Å². The number of amides is 2. The molecule has 2 amide bonds. The molecule has 0 saturated carbocycles. The zero-order valence-corrected chi connectivity index (χ0v) is 13.1. The minimum Gasteiger partial charge on any atom is -0.489 e. The first kappa shape index (κ1) is 15.6. The third-order valence-corrected chi connectivity index (χ3v) is 3.77. The lowest BCUT2D eigenvalue weighted by Gasteiger charge is -2.22. The predicted molar refractivity (Wildman–Crippen MR) is 92.5 cm³/mol. The van der Waals surface area contributed by atoms with E-state index >= 15 is 0 Å². The number of urea groups is 1. The molecule has 0 aliphatic carbocycles. The molecule has 0 aromatic heterocycles. The maximum absolute atomic E-state index is 11.8. The summed E-state index contributed by atoms with van der Waals surface area (Å²) in [5.41, 5.74) is 7.83. The average Bonchev–Trinajstić information content (AvgIpc) is 2.88. The molecule has 0 radical (unpaired) electrons. The van der Waals surface area contributed by atoms with Crippen molar-refractivity contribution in [2.75, 3.05) is 6.54 Å². The number of carbonyl (C=O) groups is 1. The van der Waals surface area contributed by atoms with E-state index in [-0.39, 0.29) is 12.4 Å². The Labute approximate surface area is 140 Å². The summed E-state index contributed by atoms with van der Waals surface area (Å²) in [6.07, 6.45) is 5.32. The van der Waals surface area contributed by atoms with E-state index in [1.54, 1.807) is 0 Å². The quantitative estimate of drug-likeness (QED) is 0.862. The van der Waals surface area contributed by atoms with E-state index in [0.717, 1.165) is 16.9 Å². The fraction of sp³-hybridized carbons (Fsp3) is 0.158. The van der Waals surface area contributed by atoms with Crippen molar-refractivity contribution in [3.05, 3.63) is 65.7 Å². The third-order valence-electron chi connectivity index (χ3n) is 3.77. The summed E-state index contributed by atoms with van der Waals surface area (Å²) in [7, 11) is 0. The molecule has 24 heavy (non-hydrogen) atoms. The summed E-state index contributed by atoms with van der Waals surface area (Å²) in [5, 5.41) is 0. The number of ether oxygens (including phenoxy) is 1. The lowest BCUT2D eigenvalue weighted by Crippen LogP contribution is -2.33. The molecule has 120 valence electrons. The number of aliphatic imine (C=N–C) groups is 1. The number of amidine groups is 1. The van der Waals surface area contributed by atoms with Gasteiger partial charge in [0.1, 0.15) is 24.2 Å². The lowest BCUT2D eigenvalue weighted by atomic mass is 10.1. The van der Waals surface area contributed by atoms with Gasteiger partial charge in [-0.2, -0.15) is 4.99 Å². The second-order valence-electron chi connectivity index (χ2n) is 5.40. The van der Waals surface area contributed by atoms with Gasteiger partial charge in [-0.3, -0.25) is 4.90 Å². The molecular weight excluding hydrogens is 302 g/mol. The first-order chi connectivity index (χ1) is 11.7. The topological polar surface area (TPSA) is 67.9 Å². The smallest absolute Gasteiger partial charge is 0.346 e. The number of terminal acetylenes is 1. The predicted octanol–water partition coefficient (Wildman–Crippen LogP) is 2.73. The highest BCUT2D eigenvalue weighted by Gasteiger charge is 2.33. The van der Waals surface area contributed by atoms with Crippen LogP contribution in [-0.2, 0) is 6.61 Å². The number of benzene rings is 2. The summed E-state index contributed by atoms with van der Waals surface area (Å²) in [5.74, 6) is 3.46. The highest BCUT2D eigenvalue weighted by atomic mass is 16.5. The Kier molecular flexibility index (Phi) is 4.48. The Morgan fingerprint density at radius 1 is 1.17 bits per heavy atom. The van der Waals surface area contributed by atoms with Crippen LogP contribution in [0.3, 0.4) is 0 Å². The minimum absolute atomic E-state index is 0.167. The van der Waals surface area contributed by atoms with Crippen molar-refractivity contribution < 1.29 is 9.53 Å². The van der Waals surface area contributed by atoms with Crippen LogP contribution >= 0.6 is 0 Å². The Morgan fingerprint density at radius 3 is 2.54 bits per heavy atom. The summed E-state index contributed by atoms with van der Waals surface area (Å²) < 4.78 is 5.76. The average molecular weight is 319 g/mol. The molecule has 0 saturated heterocycles. The summed E-state index contributed by atoms with van der Waals surface area (Å²) >= 11 is 0.